The van der Waals surface area contributed by atoms with Crippen molar-refractivity contribution in [2.75, 3.05) is 0 Å². The number of hydrogen-bond donors (Lipinski definition) is 3. The fourth-order valence-electron chi connectivity index (χ4n) is 2.05. The number of rotatable bonds is 6. The zero-order chi connectivity index (χ0) is 15.2. The lowest BCUT2D eigenvalue weighted by atomic mass is 10.1. The van der Waals surface area contributed by atoms with Crippen LogP contribution in [0.15, 0.2) is 36.5 Å². The average molecular weight is 287 g/mol. The maximum absolute atomic E-state index is 12.3. The molecule has 0 saturated heterocycles. The van der Waals surface area contributed by atoms with Gasteiger partial charge in [-0.1, -0.05) is 37.3 Å². The Labute approximate surface area is 122 Å². The first-order valence-corrected chi connectivity index (χ1v) is 6.73. The minimum atomic E-state index is -0.933. The van der Waals surface area contributed by atoms with Gasteiger partial charge in [0.2, 0.25) is 0 Å². The first-order valence-electron chi connectivity index (χ1n) is 6.73. The molecule has 1 heterocycles. The summed E-state index contributed by atoms with van der Waals surface area (Å²) in [5.74, 6) is -1.26. The minimum Gasteiger partial charge on any atom is -0.481 e. The number of nitrogens with zero attached hydrogens (tertiary/aromatic N) is 1. The number of amides is 1. The van der Waals surface area contributed by atoms with Crippen molar-refractivity contribution in [1.82, 2.24) is 15.5 Å². The summed E-state index contributed by atoms with van der Waals surface area (Å²) in [5, 5.41) is 18.3. The summed E-state index contributed by atoms with van der Waals surface area (Å²) in [4.78, 5) is 23.0. The highest BCUT2D eigenvalue weighted by atomic mass is 16.4. The van der Waals surface area contributed by atoms with Gasteiger partial charge >= 0.3 is 5.97 Å². The van der Waals surface area contributed by atoms with E-state index in [-0.39, 0.29) is 12.3 Å². The molecule has 3 N–H and O–H groups in total. The molecule has 0 aliphatic rings. The van der Waals surface area contributed by atoms with Crippen LogP contribution in [-0.4, -0.2) is 33.2 Å². The second kappa shape index (κ2) is 6.69. The van der Waals surface area contributed by atoms with Gasteiger partial charge in [-0.15, -0.1) is 0 Å². The molecule has 0 fully saturated rings. The highest BCUT2D eigenvalue weighted by Gasteiger charge is 2.19. The van der Waals surface area contributed by atoms with Crippen molar-refractivity contribution in [2.45, 2.75) is 25.8 Å². The maximum Gasteiger partial charge on any atom is 0.305 e. The summed E-state index contributed by atoms with van der Waals surface area (Å²) in [5.41, 5.74) is 1.88. The Bertz CT molecular complexity index is 622. The molecule has 1 aromatic carbocycles. The fourth-order valence-corrected chi connectivity index (χ4v) is 2.05. The fraction of sp³-hybridized carbons (Fsp3) is 0.267. The number of nitrogens with one attached hydrogen (secondary N) is 2. The van der Waals surface area contributed by atoms with E-state index < -0.39 is 12.0 Å². The van der Waals surface area contributed by atoms with Crippen molar-refractivity contribution in [3.05, 3.63) is 42.1 Å². The SMILES string of the molecule is CCC(CC(=O)O)NC(=O)c1cn[nH]c1-c1ccccc1. The third-order valence-electron chi connectivity index (χ3n) is 3.20. The normalized spacial score (nSPS) is 11.9. The Morgan fingerprint density at radius 2 is 2.05 bits per heavy atom. The summed E-state index contributed by atoms with van der Waals surface area (Å²) in [6.45, 7) is 1.83. The lowest BCUT2D eigenvalue weighted by molar-refractivity contribution is -0.137. The van der Waals surface area contributed by atoms with Crippen molar-refractivity contribution in [2.24, 2.45) is 0 Å². The molecule has 1 unspecified atom stereocenters. The summed E-state index contributed by atoms with van der Waals surface area (Å²) >= 11 is 0. The van der Waals surface area contributed by atoms with Gasteiger partial charge in [0.1, 0.15) is 0 Å². The molecule has 0 radical (unpaired) electrons. The van der Waals surface area contributed by atoms with Gasteiger partial charge in [0.05, 0.1) is 23.9 Å². The molecule has 1 atom stereocenters. The van der Waals surface area contributed by atoms with E-state index in [1.54, 1.807) is 0 Å². The van der Waals surface area contributed by atoms with Crippen molar-refractivity contribution in [3.63, 3.8) is 0 Å². The molecule has 1 amide bonds. The summed E-state index contributed by atoms with van der Waals surface area (Å²) in [7, 11) is 0. The second-order valence-electron chi connectivity index (χ2n) is 4.70. The Balaban J connectivity index is 2.17. The van der Waals surface area contributed by atoms with Crippen LogP contribution in [-0.2, 0) is 4.79 Å². The van der Waals surface area contributed by atoms with Gasteiger partial charge in [-0.25, -0.2) is 0 Å². The molecule has 0 spiro atoms. The molecular weight excluding hydrogens is 270 g/mol. The van der Waals surface area contributed by atoms with Crippen LogP contribution in [0.1, 0.15) is 30.1 Å². The van der Waals surface area contributed by atoms with Crippen LogP contribution in [0.3, 0.4) is 0 Å². The van der Waals surface area contributed by atoms with E-state index >= 15 is 0 Å². The number of carboxylic acids is 1. The lowest BCUT2D eigenvalue weighted by Crippen LogP contribution is -2.36. The number of aromatic amines is 1. The van der Waals surface area contributed by atoms with E-state index in [0.29, 0.717) is 17.7 Å². The molecule has 2 aromatic rings. The van der Waals surface area contributed by atoms with Gasteiger partial charge in [-0.3, -0.25) is 14.7 Å². The molecule has 2 rings (SSSR count). The van der Waals surface area contributed by atoms with Crippen LogP contribution in [0.4, 0.5) is 0 Å². The number of hydrogen-bond acceptors (Lipinski definition) is 3. The second-order valence-corrected chi connectivity index (χ2v) is 4.70. The zero-order valence-corrected chi connectivity index (χ0v) is 11.7. The number of aliphatic carboxylic acids is 1. The third-order valence-corrected chi connectivity index (χ3v) is 3.20. The van der Waals surface area contributed by atoms with E-state index in [2.05, 4.69) is 15.5 Å². The zero-order valence-electron chi connectivity index (χ0n) is 11.7. The van der Waals surface area contributed by atoms with Crippen LogP contribution in [0.25, 0.3) is 11.3 Å². The number of benzene rings is 1. The van der Waals surface area contributed by atoms with Gasteiger partial charge < -0.3 is 10.4 Å². The van der Waals surface area contributed by atoms with E-state index in [4.69, 9.17) is 5.11 Å². The van der Waals surface area contributed by atoms with Gasteiger partial charge in [0.15, 0.2) is 0 Å². The van der Waals surface area contributed by atoms with Gasteiger partial charge in [-0.05, 0) is 6.42 Å². The first kappa shape index (κ1) is 14.8. The molecule has 0 aliphatic heterocycles. The molecular formula is C15H17N3O3. The Morgan fingerprint density at radius 3 is 2.67 bits per heavy atom. The van der Waals surface area contributed by atoms with E-state index in [1.165, 1.54) is 6.20 Å². The lowest BCUT2D eigenvalue weighted by Gasteiger charge is -2.14. The molecule has 0 saturated carbocycles. The number of H-pyrrole nitrogens is 1. The Hall–Kier alpha value is -2.63. The van der Waals surface area contributed by atoms with Crippen LogP contribution < -0.4 is 5.32 Å². The standard InChI is InChI=1S/C15H17N3O3/c1-2-11(8-13(19)20)17-15(21)12-9-16-18-14(12)10-6-4-3-5-7-10/h3-7,9,11H,2,8H2,1H3,(H,16,18)(H,17,21)(H,19,20). The maximum atomic E-state index is 12.3. The Kier molecular flexibility index (Phi) is 4.71. The van der Waals surface area contributed by atoms with Crippen molar-refractivity contribution in [3.8, 4) is 11.3 Å². The van der Waals surface area contributed by atoms with Gasteiger partial charge in [0, 0.05) is 11.6 Å². The highest BCUT2D eigenvalue weighted by Crippen LogP contribution is 2.20. The van der Waals surface area contributed by atoms with Crippen LogP contribution >= 0.6 is 0 Å². The predicted octanol–water partition coefficient (Wildman–Crippen LogP) is 2.06. The number of carboxylic acid groups (broad SMARTS) is 1. The first-order chi connectivity index (χ1) is 10.1. The van der Waals surface area contributed by atoms with E-state index in [1.807, 2.05) is 37.3 Å². The van der Waals surface area contributed by atoms with Gasteiger partial charge in [0.25, 0.3) is 5.91 Å². The smallest absolute Gasteiger partial charge is 0.305 e. The topological polar surface area (TPSA) is 95.1 Å². The summed E-state index contributed by atoms with van der Waals surface area (Å²) in [6, 6.07) is 8.99. The highest BCUT2D eigenvalue weighted by molar-refractivity contribution is 6.00. The quantitative estimate of drug-likeness (QED) is 0.757. The van der Waals surface area contributed by atoms with Crippen LogP contribution in [0.2, 0.25) is 0 Å². The average Bonchev–Trinajstić information content (AvgIpc) is 2.96. The van der Waals surface area contributed by atoms with E-state index in [9.17, 15) is 9.59 Å². The van der Waals surface area contributed by atoms with E-state index in [0.717, 1.165) is 5.56 Å². The molecule has 6 heteroatoms. The number of aromatic nitrogens is 2. The molecule has 110 valence electrons. The van der Waals surface area contributed by atoms with Crippen molar-refractivity contribution >= 4 is 11.9 Å². The van der Waals surface area contributed by atoms with Crippen molar-refractivity contribution in [1.29, 1.82) is 0 Å². The Morgan fingerprint density at radius 1 is 1.33 bits per heavy atom. The predicted molar refractivity (Wildman–Crippen MR) is 77.8 cm³/mol. The number of carbonyl (C=O) groups is 2. The molecule has 0 bridgehead atoms. The summed E-state index contributed by atoms with van der Waals surface area (Å²) < 4.78 is 0. The number of carbonyl (C=O) groups excluding carboxylic acids is 1. The summed E-state index contributed by atoms with van der Waals surface area (Å²) in [6.07, 6.45) is 1.91. The monoisotopic (exact) mass is 287 g/mol. The van der Waals surface area contributed by atoms with Crippen LogP contribution in [0, 0.1) is 0 Å². The molecule has 1 aromatic heterocycles. The van der Waals surface area contributed by atoms with Crippen molar-refractivity contribution < 1.29 is 14.7 Å². The molecule has 0 aliphatic carbocycles. The largest absolute Gasteiger partial charge is 0.481 e. The molecule has 21 heavy (non-hydrogen) atoms. The van der Waals surface area contributed by atoms with Gasteiger partial charge in [-0.2, -0.15) is 5.10 Å². The minimum absolute atomic E-state index is 0.0965. The van der Waals surface area contributed by atoms with Crippen LogP contribution in [0.5, 0.6) is 0 Å². The molecule has 6 nitrogen and oxygen atoms in total. The third kappa shape index (κ3) is 3.68.